The predicted molar refractivity (Wildman–Crippen MR) is 117 cm³/mol. The Morgan fingerprint density at radius 3 is 2.75 bits per heavy atom. The van der Waals surface area contributed by atoms with E-state index in [0.29, 0.717) is 37.8 Å². The molecule has 32 heavy (non-hydrogen) atoms. The van der Waals surface area contributed by atoms with Crippen LogP contribution in [0.15, 0.2) is 47.2 Å². The molecule has 4 rings (SSSR count). The first-order valence-corrected chi connectivity index (χ1v) is 10.8. The van der Waals surface area contributed by atoms with E-state index in [2.05, 4.69) is 25.4 Å². The van der Waals surface area contributed by atoms with Crippen LogP contribution in [-0.4, -0.2) is 56.5 Å². The summed E-state index contributed by atoms with van der Waals surface area (Å²) in [6.45, 7) is 3.19. The summed E-state index contributed by atoms with van der Waals surface area (Å²) < 4.78 is 5.57. The summed E-state index contributed by atoms with van der Waals surface area (Å²) in [5, 5.41) is 7.06. The zero-order valence-electron chi connectivity index (χ0n) is 18.0. The average Bonchev–Trinajstić information content (AvgIpc) is 3.29. The number of hydrogen-bond acceptors (Lipinski definition) is 7. The molecule has 1 aliphatic heterocycles. The van der Waals surface area contributed by atoms with E-state index in [1.807, 2.05) is 37.3 Å². The van der Waals surface area contributed by atoms with Crippen molar-refractivity contribution in [1.29, 1.82) is 0 Å². The molecule has 1 fully saturated rings. The van der Waals surface area contributed by atoms with Crippen LogP contribution < -0.4 is 5.32 Å². The van der Waals surface area contributed by atoms with Crippen molar-refractivity contribution in [3.05, 3.63) is 60.0 Å². The van der Waals surface area contributed by atoms with Gasteiger partial charge in [-0.25, -0.2) is 4.98 Å². The Hall–Kier alpha value is -3.62. The fraction of sp³-hybridized carbons (Fsp3) is 0.391. The van der Waals surface area contributed by atoms with Crippen molar-refractivity contribution in [2.75, 3.05) is 19.6 Å². The third kappa shape index (κ3) is 5.35. The maximum atomic E-state index is 12.9. The maximum Gasteiger partial charge on any atom is 0.274 e. The molecular weight excluding hydrogens is 408 g/mol. The van der Waals surface area contributed by atoms with Gasteiger partial charge in [0.25, 0.3) is 5.91 Å². The molecule has 1 aromatic carbocycles. The number of rotatable bonds is 3. The van der Waals surface area contributed by atoms with Gasteiger partial charge in [0.05, 0.1) is 11.9 Å². The largest absolute Gasteiger partial charge is 0.356 e. The van der Waals surface area contributed by atoms with E-state index in [9.17, 15) is 9.59 Å². The van der Waals surface area contributed by atoms with Gasteiger partial charge < -0.3 is 14.7 Å². The number of aromatic nitrogens is 4. The van der Waals surface area contributed by atoms with Crippen LogP contribution in [0.4, 0.5) is 0 Å². The lowest BCUT2D eigenvalue weighted by molar-refractivity contribution is -0.121. The smallest absolute Gasteiger partial charge is 0.274 e. The Balaban J connectivity index is 1.47. The second-order valence-corrected chi connectivity index (χ2v) is 7.89. The Labute approximate surface area is 186 Å². The molecule has 9 heteroatoms. The van der Waals surface area contributed by atoms with E-state index in [4.69, 9.17) is 4.52 Å². The SMILES string of the molecule is Cc1cnc(C(=O)N2CCCC(c3nc(-c4ccccc4)no3)CCNC(=O)CC2)cn1. The first-order chi connectivity index (χ1) is 15.6. The molecule has 0 radical (unpaired) electrons. The van der Waals surface area contributed by atoms with Crippen LogP contribution in [0, 0.1) is 6.92 Å². The molecular formula is C23H26N6O3. The molecule has 1 saturated heterocycles. The minimum absolute atomic E-state index is 0.00511. The van der Waals surface area contributed by atoms with Gasteiger partial charge in [-0.3, -0.25) is 14.6 Å². The van der Waals surface area contributed by atoms with Crippen LogP contribution in [0.25, 0.3) is 11.4 Å². The second kappa shape index (κ2) is 10.1. The summed E-state index contributed by atoms with van der Waals surface area (Å²) in [7, 11) is 0. The fourth-order valence-electron chi connectivity index (χ4n) is 3.72. The molecule has 0 spiro atoms. The van der Waals surface area contributed by atoms with Crippen LogP contribution in [0.1, 0.15) is 53.7 Å². The number of nitrogens with one attached hydrogen (secondary N) is 1. The maximum absolute atomic E-state index is 12.9. The summed E-state index contributed by atoms with van der Waals surface area (Å²) in [6.07, 6.45) is 5.49. The quantitative estimate of drug-likeness (QED) is 0.674. The molecule has 166 valence electrons. The van der Waals surface area contributed by atoms with Crippen molar-refractivity contribution in [3.8, 4) is 11.4 Å². The van der Waals surface area contributed by atoms with Gasteiger partial charge in [0.2, 0.25) is 17.6 Å². The molecule has 0 bridgehead atoms. The Kier molecular flexibility index (Phi) is 6.84. The highest BCUT2D eigenvalue weighted by Gasteiger charge is 2.23. The number of carbonyl (C=O) groups is 2. The van der Waals surface area contributed by atoms with E-state index < -0.39 is 0 Å². The van der Waals surface area contributed by atoms with Gasteiger partial charge in [-0.15, -0.1) is 0 Å². The molecule has 3 aromatic rings. The van der Waals surface area contributed by atoms with Gasteiger partial charge in [-0.05, 0) is 26.2 Å². The van der Waals surface area contributed by atoms with Gasteiger partial charge >= 0.3 is 0 Å². The summed E-state index contributed by atoms with van der Waals surface area (Å²) in [4.78, 5) is 39.8. The molecule has 1 atom stereocenters. The number of carbonyl (C=O) groups excluding carboxylic acids is 2. The van der Waals surface area contributed by atoms with Gasteiger partial charge in [0, 0.05) is 43.7 Å². The summed E-state index contributed by atoms with van der Waals surface area (Å²) >= 11 is 0. The summed E-state index contributed by atoms with van der Waals surface area (Å²) in [5.74, 6) is 0.794. The van der Waals surface area contributed by atoms with Crippen molar-refractivity contribution in [1.82, 2.24) is 30.3 Å². The standard InChI is InChI=1S/C23H26N6O3/c1-16-14-26-19(15-25-16)23(31)29-12-5-8-18(9-11-24-20(30)10-13-29)22-27-21(28-32-22)17-6-3-2-4-7-17/h2-4,6-7,14-15,18H,5,8-13H2,1H3,(H,24,30). The number of hydrogen-bond donors (Lipinski definition) is 1. The third-order valence-electron chi connectivity index (χ3n) is 5.51. The van der Waals surface area contributed by atoms with Crippen molar-refractivity contribution in [2.24, 2.45) is 0 Å². The number of aryl methyl sites for hydroxylation is 1. The normalized spacial score (nSPS) is 18.0. The predicted octanol–water partition coefficient (Wildman–Crippen LogP) is 2.75. The molecule has 1 unspecified atom stereocenters. The highest BCUT2D eigenvalue weighted by Crippen LogP contribution is 2.26. The van der Waals surface area contributed by atoms with Crippen LogP contribution in [0.3, 0.4) is 0 Å². The average molecular weight is 435 g/mol. The van der Waals surface area contributed by atoms with E-state index in [1.54, 1.807) is 11.1 Å². The van der Waals surface area contributed by atoms with Crippen LogP contribution >= 0.6 is 0 Å². The first kappa shape index (κ1) is 21.6. The van der Waals surface area contributed by atoms with Crippen molar-refractivity contribution < 1.29 is 14.1 Å². The molecule has 3 heterocycles. The minimum atomic E-state index is -0.217. The minimum Gasteiger partial charge on any atom is -0.356 e. The molecule has 9 nitrogen and oxygen atoms in total. The van der Waals surface area contributed by atoms with E-state index >= 15 is 0 Å². The lowest BCUT2D eigenvalue weighted by Gasteiger charge is -2.22. The van der Waals surface area contributed by atoms with Gasteiger partial charge in [-0.1, -0.05) is 35.5 Å². The zero-order valence-corrected chi connectivity index (χ0v) is 18.0. The van der Waals surface area contributed by atoms with E-state index in [-0.39, 0.29) is 29.8 Å². The summed E-state index contributed by atoms with van der Waals surface area (Å²) in [5.41, 5.74) is 1.92. The molecule has 2 amide bonds. The molecule has 2 aromatic heterocycles. The van der Waals surface area contributed by atoms with Crippen LogP contribution in [0.2, 0.25) is 0 Å². The molecule has 0 saturated carbocycles. The molecule has 1 N–H and O–H groups in total. The van der Waals surface area contributed by atoms with E-state index in [0.717, 1.165) is 24.1 Å². The van der Waals surface area contributed by atoms with Crippen LogP contribution in [0.5, 0.6) is 0 Å². The number of amides is 2. The zero-order chi connectivity index (χ0) is 22.3. The fourth-order valence-corrected chi connectivity index (χ4v) is 3.72. The van der Waals surface area contributed by atoms with Gasteiger partial charge in [0.1, 0.15) is 5.69 Å². The topological polar surface area (TPSA) is 114 Å². The lowest BCUT2D eigenvalue weighted by Crippen LogP contribution is -2.36. The number of nitrogens with zero attached hydrogens (tertiary/aromatic N) is 5. The lowest BCUT2D eigenvalue weighted by atomic mass is 9.99. The van der Waals surface area contributed by atoms with E-state index in [1.165, 1.54) is 6.20 Å². The highest BCUT2D eigenvalue weighted by molar-refractivity contribution is 5.92. The van der Waals surface area contributed by atoms with Gasteiger partial charge in [0.15, 0.2) is 0 Å². The monoisotopic (exact) mass is 434 g/mol. The Morgan fingerprint density at radius 2 is 1.97 bits per heavy atom. The van der Waals surface area contributed by atoms with Gasteiger partial charge in [-0.2, -0.15) is 4.98 Å². The summed E-state index contributed by atoms with van der Waals surface area (Å²) in [6, 6.07) is 9.66. The Bertz CT molecular complexity index is 1050. The molecule has 1 aliphatic rings. The third-order valence-corrected chi connectivity index (χ3v) is 5.51. The van der Waals surface area contributed by atoms with Crippen molar-refractivity contribution in [2.45, 2.75) is 38.5 Å². The van der Waals surface area contributed by atoms with Crippen molar-refractivity contribution in [3.63, 3.8) is 0 Å². The second-order valence-electron chi connectivity index (χ2n) is 7.89. The van der Waals surface area contributed by atoms with Crippen LogP contribution in [-0.2, 0) is 4.79 Å². The first-order valence-electron chi connectivity index (χ1n) is 10.8. The Morgan fingerprint density at radius 1 is 1.12 bits per heavy atom. The number of benzene rings is 1. The van der Waals surface area contributed by atoms with Crippen molar-refractivity contribution >= 4 is 11.8 Å². The highest BCUT2D eigenvalue weighted by atomic mass is 16.5. The molecule has 0 aliphatic carbocycles.